The van der Waals surface area contributed by atoms with Gasteiger partial charge in [0, 0.05) is 0 Å². The molecule has 0 bridgehead atoms. The molecule has 64 valence electrons. The van der Waals surface area contributed by atoms with Crippen molar-refractivity contribution in [2.24, 2.45) is 0 Å². The van der Waals surface area contributed by atoms with E-state index in [1.165, 1.54) is 17.6 Å². The van der Waals surface area contributed by atoms with E-state index in [-0.39, 0.29) is 0 Å². The molecule has 0 radical (unpaired) electrons. The van der Waals surface area contributed by atoms with E-state index in [1.54, 1.807) is 0 Å². The van der Waals surface area contributed by atoms with Crippen LogP contribution in [0.3, 0.4) is 0 Å². The molecule has 0 saturated carbocycles. The van der Waals surface area contributed by atoms with Crippen molar-refractivity contribution in [1.29, 1.82) is 0 Å². The fourth-order valence-electron chi connectivity index (χ4n) is 0.986. The number of hydrogen-bond donors (Lipinski definition) is 0. The van der Waals surface area contributed by atoms with Crippen molar-refractivity contribution in [2.75, 3.05) is 0 Å². The SMILES string of the molecule is CC/C=C(\C=C(\C)CC)CC. The predicted molar refractivity (Wildman–Crippen MR) is 52.7 cm³/mol. The molecule has 0 fully saturated rings. The maximum absolute atomic E-state index is 2.31. The van der Waals surface area contributed by atoms with E-state index in [0.717, 1.165) is 12.8 Å². The van der Waals surface area contributed by atoms with Crippen LogP contribution in [0.2, 0.25) is 0 Å². The van der Waals surface area contributed by atoms with Crippen LogP contribution in [0, 0.1) is 0 Å². The molecular weight excluding hydrogens is 132 g/mol. The lowest BCUT2D eigenvalue weighted by molar-refractivity contribution is 1.05. The average Bonchev–Trinajstić information content (AvgIpc) is 2.03. The molecule has 0 unspecified atom stereocenters. The Morgan fingerprint density at radius 2 is 1.73 bits per heavy atom. The van der Waals surface area contributed by atoms with Gasteiger partial charge in [-0.25, -0.2) is 0 Å². The van der Waals surface area contributed by atoms with Gasteiger partial charge < -0.3 is 0 Å². The Balaban J connectivity index is 4.17. The van der Waals surface area contributed by atoms with Gasteiger partial charge in [0.2, 0.25) is 0 Å². The molecule has 0 rings (SSSR count). The number of rotatable bonds is 4. The van der Waals surface area contributed by atoms with Crippen LogP contribution in [0.15, 0.2) is 23.3 Å². The van der Waals surface area contributed by atoms with Crippen LogP contribution in [-0.4, -0.2) is 0 Å². The number of allylic oxidation sites excluding steroid dienone is 4. The summed E-state index contributed by atoms with van der Waals surface area (Å²) in [7, 11) is 0. The summed E-state index contributed by atoms with van der Waals surface area (Å²) in [6.07, 6.45) is 8.09. The molecule has 0 saturated heterocycles. The highest BCUT2D eigenvalue weighted by molar-refractivity contribution is 5.21. The Bertz CT molecular complexity index is 149. The van der Waals surface area contributed by atoms with Crippen molar-refractivity contribution >= 4 is 0 Å². The minimum atomic E-state index is 1.15. The van der Waals surface area contributed by atoms with Crippen LogP contribution in [-0.2, 0) is 0 Å². The topological polar surface area (TPSA) is 0 Å². The zero-order valence-electron chi connectivity index (χ0n) is 8.28. The van der Waals surface area contributed by atoms with Gasteiger partial charge in [-0.3, -0.25) is 0 Å². The third kappa shape index (κ3) is 4.83. The first-order valence-corrected chi connectivity index (χ1v) is 4.60. The highest BCUT2D eigenvalue weighted by atomic mass is 13.9. The highest BCUT2D eigenvalue weighted by Crippen LogP contribution is 2.09. The van der Waals surface area contributed by atoms with E-state index in [9.17, 15) is 0 Å². The van der Waals surface area contributed by atoms with Crippen LogP contribution in [0.4, 0.5) is 0 Å². The molecule has 0 heteroatoms. The fourth-order valence-corrected chi connectivity index (χ4v) is 0.986. The summed E-state index contributed by atoms with van der Waals surface area (Å²) >= 11 is 0. The number of hydrogen-bond acceptors (Lipinski definition) is 0. The largest absolute Gasteiger partial charge is 0.0816 e. The standard InChI is InChI=1S/C11H20/c1-5-8-11(7-3)9-10(4)6-2/h8-9H,5-7H2,1-4H3/b10-9-,11-8-. The molecule has 11 heavy (non-hydrogen) atoms. The van der Waals surface area contributed by atoms with Crippen molar-refractivity contribution in [3.8, 4) is 0 Å². The lowest BCUT2D eigenvalue weighted by atomic mass is 10.1. The molecule has 0 atom stereocenters. The van der Waals surface area contributed by atoms with Gasteiger partial charge in [-0.15, -0.1) is 0 Å². The molecule has 0 spiro atoms. The monoisotopic (exact) mass is 152 g/mol. The molecule has 0 aromatic heterocycles. The summed E-state index contributed by atoms with van der Waals surface area (Å²) in [5, 5.41) is 0. The van der Waals surface area contributed by atoms with Crippen molar-refractivity contribution in [2.45, 2.75) is 47.0 Å². The minimum absolute atomic E-state index is 1.15. The summed E-state index contributed by atoms with van der Waals surface area (Å²) in [5.41, 5.74) is 2.96. The normalized spacial score (nSPS) is 13.8. The first-order chi connectivity index (χ1) is 5.24. The zero-order chi connectivity index (χ0) is 8.69. The van der Waals surface area contributed by atoms with Gasteiger partial charge >= 0.3 is 0 Å². The summed E-state index contributed by atoms with van der Waals surface area (Å²) < 4.78 is 0. The van der Waals surface area contributed by atoms with E-state index in [0.29, 0.717) is 0 Å². The van der Waals surface area contributed by atoms with Crippen LogP contribution in [0.1, 0.15) is 47.0 Å². The van der Waals surface area contributed by atoms with E-state index in [4.69, 9.17) is 0 Å². The van der Waals surface area contributed by atoms with Crippen LogP contribution in [0.25, 0.3) is 0 Å². The molecular formula is C11H20. The lowest BCUT2D eigenvalue weighted by Crippen LogP contribution is -1.78. The first-order valence-electron chi connectivity index (χ1n) is 4.60. The third-order valence-corrected chi connectivity index (χ3v) is 1.86. The van der Waals surface area contributed by atoms with Crippen molar-refractivity contribution in [1.82, 2.24) is 0 Å². The summed E-state index contributed by atoms with van der Waals surface area (Å²) in [6, 6.07) is 0. The Labute approximate surface area is 71.0 Å². The van der Waals surface area contributed by atoms with E-state index >= 15 is 0 Å². The molecule has 0 aromatic carbocycles. The molecule has 0 aromatic rings. The Hall–Kier alpha value is -0.520. The quantitative estimate of drug-likeness (QED) is 0.532. The summed E-state index contributed by atoms with van der Waals surface area (Å²) in [4.78, 5) is 0. The summed E-state index contributed by atoms with van der Waals surface area (Å²) in [5.74, 6) is 0. The van der Waals surface area contributed by atoms with Crippen molar-refractivity contribution in [3.63, 3.8) is 0 Å². The van der Waals surface area contributed by atoms with Gasteiger partial charge in [0.05, 0.1) is 0 Å². The minimum Gasteiger partial charge on any atom is -0.0816 e. The second kappa shape index (κ2) is 6.21. The van der Waals surface area contributed by atoms with Crippen LogP contribution in [0.5, 0.6) is 0 Å². The van der Waals surface area contributed by atoms with E-state index in [2.05, 4.69) is 39.8 Å². The molecule has 0 N–H and O–H groups in total. The van der Waals surface area contributed by atoms with Gasteiger partial charge in [-0.2, -0.15) is 0 Å². The van der Waals surface area contributed by atoms with Gasteiger partial charge in [0.25, 0.3) is 0 Å². The Kier molecular flexibility index (Phi) is 5.91. The van der Waals surface area contributed by atoms with Crippen LogP contribution < -0.4 is 0 Å². The first kappa shape index (κ1) is 10.5. The molecule has 0 amide bonds. The fraction of sp³-hybridized carbons (Fsp3) is 0.636. The van der Waals surface area contributed by atoms with Gasteiger partial charge in [0.1, 0.15) is 0 Å². The average molecular weight is 152 g/mol. The predicted octanol–water partition coefficient (Wildman–Crippen LogP) is 4.09. The van der Waals surface area contributed by atoms with Crippen molar-refractivity contribution in [3.05, 3.63) is 23.3 Å². The second-order valence-corrected chi connectivity index (χ2v) is 2.89. The molecule has 0 heterocycles. The third-order valence-electron chi connectivity index (χ3n) is 1.86. The van der Waals surface area contributed by atoms with Gasteiger partial charge in [-0.05, 0) is 26.2 Å². The molecule has 0 aliphatic heterocycles. The van der Waals surface area contributed by atoms with Gasteiger partial charge in [0.15, 0.2) is 0 Å². The zero-order valence-corrected chi connectivity index (χ0v) is 8.28. The second-order valence-electron chi connectivity index (χ2n) is 2.89. The highest BCUT2D eigenvalue weighted by Gasteiger charge is 1.88. The van der Waals surface area contributed by atoms with Crippen molar-refractivity contribution < 1.29 is 0 Å². The molecule has 0 aliphatic rings. The molecule has 0 aliphatic carbocycles. The maximum atomic E-state index is 2.31. The lowest BCUT2D eigenvalue weighted by Gasteiger charge is -1.99. The Morgan fingerprint density at radius 1 is 1.09 bits per heavy atom. The van der Waals surface area contributed by atoms with Gasteiger partial charge in [-0.1, -0.05) is 44.1 Å². The Morgan fingerprint density at radius 3 is 2.09 bits per heavy atom. The maximum Gasteiger partial charge on any atom is -0.0311 e. The van der Waals surface area contributed by atoms with Crippen LogP contribution >= 0.6 is 0 Å². The smallest absolute Gasteiger partial charge is 0.0311 e. The van der Waals surface area contributed by atoms with E-state index in [1.807, 2.05) is 0 Å². The molecule has 0 nitrogen and oxygen atoms in total. The summed E-state index contributed by atoms with van der Waals surface area (Å²) in [6.45, 7) is 8.79. The van der Waals surface area contributed by atoms with E-state index < -0.39 is 0 Å².